The van der Waals surface area contributed by atoms with Crippen LogP contribution in [-0.4, -0.2) is 54.1 Å². The highest BCUT2D eigenvalue weighted by molar-refractivity contribution is 5.62. The van der Waals surface area contributed by atoms with Crippen molar-refractivity contribution in [3.63, 3.8) is 0 Å². The largest absolute Gasteiger partial charge is 0.344 e. The Morgan fingerprint density at radius 3 is 2.95 bits per heavy atom. The quantitative estimate of drug-likeness (QED) is 0.627. The molecule has 7 nitrogen and oxygen atoms in total. The van der Waals surface area contributed by atoms with E-state index >= 15 is 0 Å². The molecule has 2 rings (SSSR count). The Morgan fingerprint density at radius 2 is 2.32 bits per heavy atom. The number of hydrogen-bond donors (Lipinski definition) is 1. The predicted octanol–water partition coefficient (Wildman–Crippen LogP) is 0.377. The van der Waals surface area contributed by atoms with Crippen molar-refractivity contribution in [2.75, 3.05) is 38.1 Å². The van der Waals surface area contributed by atoms with E-state index in [-0.39, 0.29) is 16.7 Å². The van der Waals surface area contributed by atoms with Crippen LogP contribution in [0.25, 0.3) is 0 Å². The lowest BCUT2D eigenvalue weighted by atomic mass is 10.1. The number of pyridine rings is 1. The Kier molecular flexibility index (Phi) is 3.96. The zero-order valence-electron chi connectivity index (χ0n) is 11.2. The summed E-state index contributed by atoms with van der Waals surface area (Å²) >= 11 is 0. The maximum absolute atomic E-state index is 11.2. The summed E-state index contributed by atoms with van der Waals surface area (Å²) < 4.78 is 0. The summed E-state index contributed by atoms with van der Waals surface area (Å²) in [5.74, 6) is 0.438. The Balaban J connectivity index is 2.40. The van der Waals surface area contributed by atoms with E-state index in [1.165, 1.54) is 0 Å². The molecule has 0 spiro atoms. The summed E-state index contributed by atoms with van der Waals surface area (Å²) in [6.45, 7) is 4.54. The number of aryl methyl sites for hydroxylation is 1. The molecule has 0 radical (unpaired) electrons. The van der Waals surface area contributed by atoms with E-state index in [1.807, 2.05) is 11.9 Å². The maximum atomic E-state index is 11.2. The van der Waals surface area contributed by atoms with Gasteiger partial charge in [0.25, 0.3) is 0 Å². The van der Waals surface area contributed by atoms with Gasteiger partial charge in [0.1, 0.15) is 0 Å². The molecule has 2 N–H and O–H groups in total. The molecule has 1 saturated heterocycles. The molecule has 1 unspecified atom stereocenters. The molecule has 0 amide bonds. The summed E-state index contributed by atoms with van der Waals surface area (Å²) in [6, 6.07) is 1.72. The summed E-state index contributed by atoms with van der Waals surface area (Å²) in [6.07, 6.45) is 1.61. The summed E-state index contributed by atoms with van der Waals surface area (Å²) in [7, 11) is 2.03. The first kappa shape index (κ1) is 13.7. The van der Waals surface area contributed by atoms with Gasteiger partial charge in [-0.3, -0.25) is 10.1 Å². The second kappa shape index (κ2) is 5.50. The number of nitrogens with zero attached hydrogens (tertiary/aromatic N) is 4. The lowest BCUT2D eigenvalue weighted by molar-refractivity contribution is -0.384. The fourth-order valence-corrected chi connectivity index (χ4v) is 2.46. The third-order valence-corrected chi connectivity index (χ3v) is 3.52. The molecular weight excluding hydrogens is 246 g/mol. The van der Waals surface area contributed by atoms with Crippen LogP contribution < -0.4 is 10.6 Å². The van der Waals surface area contributed by atoms with Crippen molar-refractivity contribution >= 4 is 11.5 Å². The molecule has 1 aromatic rings. The SMILES string of the molecule is Cc1ccnc(N2CCN(C)CC2CN)c1[N+](=O)[O-]. The second-order valence-electron chi connectivity index (χ2n) is 4.90. The highest BCUT2D eigenvalue weighted by Crippen LogP contribution is 2.30. The number of piperazine rings is 1. The third kappa shape index (κ3) is 2.66. The number of likely N-dealkylation sites (N-methyl/N-ethyl adjacent to an activating group) is 1. The number of nitrogens with two attached hydrogens (primary N) is 1. The first-order valence-corrected chi connectivity index (χ1v) is 6.30. The fourth-order valence-electron chi connectivity index (χ4n) is 2.46. The van der Waals surface area contributed by atoms with Gasteiger partial charge in [0.15, 0.2) is 0 Å². The van der Waals surface area contributed by atoms with E-state index in [4.69, 9.17) is 5.73 Å². The van der Waals surface area contributed by atoms with E-state index in [1.54, 1.807) is 19.2 Å². The fraction of sp³-hybridized carbons (Fsp3) is 0.583. The van der Waals surface area contributed by atoms with Crippen LogP contribution in [-0.2, 0) is 0 Å². The Hall–Kier alpha value is -1.73. The Labute approximate surface area is 112 Å². The van der Waals surface area contributed by atoms with Gasteiger partial charge in [-0.2, -0.15) is 0 Å². The van der Waals surface area contributed by atoms with Gasteiger partial charge in [-0.25, -0.2) is 4.98 Å². The summed E-state index contributed by atoms with van der Waals surface area (Å²) in [4.78, 5) is 19.2. The van der Waals surface area contributed by atoms with Crippen molar-refractivity contribution in [2.45, 2.75) is 13.0 Å². The maximum Gasteiger partial charge on any atom is 0.314 e. The Morgan fingerprint density at radius 1 is 1.58 bits per heavy atom. The van der Waals surface area contributed by atoms with Gasteiger partial charge in [0.05, 0.1) is 11.0 Å². The van der Waals surface area contributed by atoms with E-state index in [9.17, 15) is 10.1 Å². The normalized spacial score (nSPS) is 20.6. The first-order chi connectivity index (χ1) is 9.04. The van der Waals surface area contributed by atoms with Gasteiger partial charge in [-0.05, 0) is 20.0 Å². The monoisotopic (exact) mass is 265 g/mol. The molecule has 0 aromatic carbocycles. The minimum Gasteiger partial charge on any atom is -0.344 e. The minimum atomic E-state index is -0.358. The Bertz CT molecular complexity index is 479. The number of anilines is 1. The minimum absolute atomic E-state index is 0.0618. The van der Waals surface area contributed by atoms with Crippen molar-refractivity contribution in [2.24, 2.45) is 5.73 Å². The molecule has 19 heavy (non-hydrogen) atoms. The van der Waals surface area contributed by atoms with Crippen molar-refractivity contribution in [1.29, 1.82) is 0 Å². The predicted molar refractivity (Wildman–Crippen MR) is 73.3 cm³/mol. The first-order valence-electron chi connectivity index (χ1n) is 6.30. The van der Waals surface area contributed by atoms with Gasteiger partial charge in [0.2, 0.25) is 5.82 Å². The van der Waals surface area contributed by atoms with Gasteiger partial charge >= 0.3 is 5.69 Å². The van der Waals surface area contributed by atoms with Crippen molar-refractivity contribution in [3.05, 3.63) is 27.9 Å². The average Bonchev–Trinajstić information content (AvgIpc) is 2.37. The molecule has 104 valence electrons. The molecule has 1 aliphatic rings. The molecule has 1 atom stereocenters. The number of rotatable bonds is 3. The van der Waals surface area contributed by atoms with E-state index in [0.717, 1.165) is 13.1 Å². The molecule has 2 heterocycles. The number of aromatic nitrogens is 1. The zero-order valence-corrected chi connectivity index (χ0v) is 11.2. The average molecular weight is 265 g/mol. The second-order valence-corrected chi connectivity index (χ2v) is 4.90. The van der Waals surface area contributed by atoms with Gasteiger partial charge in [-0.1, -0.05) is 0 Å². The number of nitro groups is 1. The van der Waals surface area contributed by atoms with Crippen LogP contribution >= 0.6 is 0 Å². The van der Waals surface area contributed by atoms with Crippen molar-refractivity contribution in [3.8, 4) is 0 Å². The smallest absolute Gasteiger partial charge is 0.314 e. The van der Waals surface area contributed by atoms with Crippen molar-refractivity contribution < 1.29 is 4.92 Å². The van der Waals surface area contributed by atoms with Crippen LogP contribution in [0.1, 0.15) is 5.56 Å². The molecule has 1 aromatic heterocycles. The third-order valence-electron chi connectivity index (χ3n) is 3.52. The molecule has 0 bridgehead atoms. The molecule has 0 saturated carbocycles. The van der Waals surface area contributed by atoms with Crippen LogP contribution in [0.3, 0.4) is 0 Å². The topological polar surface area (TPSA) is 88.5 Å². The molecule has 1 aliphatic heterocycles. The molecule has 7 heteroatoms. The van der Waals surface area contributed by atoms with Crippen LogP contribution in [0.15, 0.2) is 12.3 Å². The highest BCUT2D eigenvalue weighted by Gasteiger charge is 2.31. The van der Waals surface area contributed by atoms with E-state index < -0.39 is 0 Å². The molecule has 1 fully saturated rings. The summed E-state index contributed by atoms with van der Waals surface area (Å²) in [5.41, 5.74) is 6.51. The van der Waals surface area contributed by atoms with Gasteiger partial charge in [0, 0.05) is 37.9 Å². The van der Waals surface area contributed by atoms with Crippen molar-refractivity contribution in [1.82, 2.24) is 9.88 Å². The van der Waals surface area contributed by atoms with Crippen LogP contribution in [0.2, 0.25) is 0 Å². The van der Waals surface area contributed by atoms with Gasteiger partial charge in [-0.15, -0.1) is 0 Å². The standard InChI is InChI=1S/C12H19N5O2/c1-9-3-4-14-12(11(9)17(18)19)16-6-5-15(2)8-10(16)7-13/h3-4,10H,5-8,13H2,1-2H3. The van der Waals surface area contributed by atoms with E-state index in [0.29, 0.717) is 24.5 Å². The van der Waals surface area contributed by atoms with Crippen LogP contribution in [0.5, 0.6) is 0 Å². The van der Waals surface area contributed by atoms with Crippen LogP contribution in [0, 0.1) is 17.0 Å². The molecular formula is C12H19N5O2. The zero-order chi connectivity index (χ0) is 14.0. The lowest BCUT2D eigenvalue weighted by Crippen LogP contribution is -2.55. The lowest BCUT2D eigenvalue weighted by Gasteiger charge is -2.39. The molecule has 0 aliphatic carbocycles. The van der Waals surface area contributed by atoms with Crippen LogP contribution in [0.4, 0.5) is 11.5 Å². The summed E-state index contributed by atoms with van der Waals surface area (Å²) in [5, 5.41) is 11.2. The van der Waals surface area contributed by atoms with E-state index in [2.05, 4.69) is 9.88 Å². The van der Waals surface area contributed by atoms with Gasteiger partial charge < -0.3 is 15.5 Å². The number of hydrogen-bond acceptors (Lipinski definition) is 6. The highest BCUT2D eigenvalue weighted by atomic mass is 16.6.